The van der Waals surface area contributed by atoms with Crippen molar-refractivity contribution in [2.75, 3.05) is 32.0 Å². The Morgan fingerprint density at radius 1 is 1.19 bits per heavy atom. The van der Waals surface area contributed by atoms with Gasteiger partial charge in [-0.15, -0.1) is 0 Å². The lowest BCUT2D eigenvalue weighted by atomic mass is 10.4. The van der Waals surface area contributed by atoms with Crippen LogP contribution in [0.4, 0.5) is 0 Å². The second-order valence-corrected chi connectivity index (χ2v) is 7.11. The fourth-order valence-corrected chi connectivity index (χ4v) is 3.20. The van der Waals surface area contributed by atoms with Crippen LogP contribution in [-0.2, 0) is 22.1 Å². The zero-order chi connectivity index (χ0) is 18.5. The fraction of sp³-hybridized carbons (Fsp3) is 0.421. The van der Waals surface area contributed by atoms with Crippen LogP contribution >= 0.6 is 0 Å². The van der Waals surface area contributed by atoms with Crippen LogP contribution in [-0.4, -0.2) is 42.2 Å². The second-order valence-electron chi connectivity index (χ2n) is 5.54. The Balaban J connectivity index is 1.63. The molecule has 2 rings (SSSR count). The molecule has 0 radical (unpaired) electrons. The molecule has 0 saturated carbocycles. The summed E-state index contributed by atoms with van der Waals surface area (Å²) in [4.78, 5) is 5.36. The van der Waals surface area contributed by atoms with E-state index < -0.39 is 10.8 Å². The Morgan fingerprint density at radius 2 is 2.04 bits per heavy atom. The Bertz CT molecular complexity index is 660. The van der Waals surface area contributed by atoms with E-state index in [-0.39, 0.29) is 0 Å². The van der Waals surface area contributed by atoms with Crippen molar-refractivity contribution in [3.63, 3.8) is 0 Å². The Labute approximate surface area is 157 Å². The van der Waals surface area contributed by atoms with Crippen molar-refractivity contribution < 1.29 is 13.4 Å². The smallest absolute Gasteiger partial charge is 0.191 e. The zero-order valence-corrected chi connectivity index (χ0v) is 16.0. The third-order valence-electron chi connectivity index (χ3n) is 3.47. The van der Waals surface area contributed by atoms with E-state index in [0.717, 1.165) is 29.6 Å². The molecule has 1 aromatic heterocycles. The molecule has 0 aliphatic rings. The van der Waals surface area contributed by atoms with Gasteiger partial charge < -0.3 is 19.8 Å². The Kier molecular flexibility index (Phi) is 9.53. The predicted octanol–water partition coefficient (Wildman–Crippen LogP) is 2.55. The first-order valence-electron chi connectivity index (χ1n) is 8.85. The van der Waals surface area contributed by atoms with Crippen LogP contribution < -0.4 is 10.6 Å². The summed E-state index contributed by atoms with van der Waals surface area (Å²) in [6, 6.07) is 13.2. The first-order valence-corrected chi connectivity index (χ1v) is 10.2. The van der Waals surface area contributed by atoms with Gasteiger partial charge in [0.05, 0.1) is 17.1 Å². The summed E-state index contributed by atoms with van der Waals surface area (Å²) < 4.78 is 22.9. The van der Waals surface area contributed by atoms with Crippen LogP contribution in [0.15, 0.2) is 63.0 Å². The molecule has 26 heavy (non-hydrogen) atoms. The quantitative estimate of drug-likeness (QED) is 0.358. The van der Waals surface area contributed by atoms with Crippen molar-refractivity contribution in [2.45, 2.75) is 24.8 Å². The lowest BCUT2D eigenvalue weighted by Gasteiger charge is -2.11. The molecule has 1 unspecified atom stereocenters. The highest BCUT2D eigenvalue weighted by atomic mass is 32.2. The van der Waals surface area contributed by atoms with Crippen LogP contribution in [0.1, 0.15) is 19.1 Å². The third kappa shape index (κ3) is 7.84. The van der Waals surface area contributed by atoms with Crippen LogP contribution in [0.25, 0.3) is 0 Å². The van der Waals surface area contributed by atoms with E-state index in [0.29, 0.717) is 32.1 Å². The van der Waals surface area contributed by atoms with Crippen molar-refractivity contribution in [1.82, 2.24) is 10.6 Å². The molecule has 0 spiro atoms. The van der Waals surface area contributed by atoms with Gasteiger partial charge in [-0.3, -0.25) is 9.20 Å². The van der Waals surface area contributed by atoms with E-state index >= 15 is 0 Å². The molecule has 1 heterocycles. The molecule has 2 N–H and O–H groups in total. The van der Waals surface area contributed by atoms with Gasteiger partial charge in [0.1, 0.15) is 12.4 Å². The van der Waals surface area contributed by atoms with E-state index in [1.54, 1.807) is 6.26 Å². The summed E-state index contributed by atoms with van der Waals surface area (Å²) in [7, 11) is -1.00. The second kappa shape index (κ2) is 12.3. The number of hydrogen-bond acceptors (Lipinski definition) is 4. The molecule has 0 bridgehead atoms. The largest absolute Gasteiger partial charge is 0.467 e. The molecule has 1 atom stereocenters. The number of furan rings is 1. The number of benzene rings is 1. The molecule has 6 nitrogen and oxygen atoms in total. The molecule has 1 aromatic carbocycles. The monoisotopic (exact) mass is 377 g/mol. The van der Waals surface area contributed by atoms with Gasteiger partial charge in [-0.25, -0.2) is 0 Å². The first kappa shape index (κ1) is 20.2. The van der Waals surface area contributed by atoms with Gasteiger partial charge in [-0.05, 0) is 37.6 Å². The van der Waals surface area contributed by atoms with E-state index in [2.05, 4.69) is 15.6 Å². The van der Waals surface area contributed by atoms with E-state index in [1.165, 1.54) is 0 Å². The summed E-state index contributed by atoms with van der Waals surface area (Å²) in [6.07, 6.45) is 2.47. The van der Waals surface area contributed by atoms with Crippen LogP contribution in [0.3, 0.4) is 0 Å². The van der Waals surface area contributed by atoms with Crippen molar-refractivity contribution >= 4 is 16.8 Å². The van der Waals surface area contributed by atoms with Gasteiger partial charge in [-0.2, -0.15) is 0 Å². The lowest BCUT2D eigenvalue weighted by Crippen LogP contribution is -2.39. The Morgan fingerprint density at radius 3 is 2.77 bits per heavy atom. The van der Waals surface area contributed by atoms with Gasteiger partial charge in [0.15, 0.2) is 5.96 Å². The number of hydrogen-bond donors (Lipinski definition) is 2. The normalized spacial score (nSPS) is 12.7. The maximum absolute atomic E-state index is 12.2. The summed E-state index contributed by atoms with van der Waals surface area (Å²) in [5, 5.41) is 6.42. The molecule has 142 valence electrons. The molecular formula is C19H27N3O3S. The van der Waals surface area contributed by atoms with Crippen LogP contribution in [0.5, 0.6) is 0 Å². The molecule has 2 aromatic rings. The standard InChI is InChI=1S/C19H27N3O3S/c1-2-20-19(21-11-7-13-24-16-17-8-6-14-25-17)22-12-15-26(23)18-9-4-3-5-10-18/h3-6,8-10,14H,2,7,11-13,15-16H2,1H3,(H2,20,21,22). The van der Waals surface area contributed by atoms with Crippen molar-refractivity contribution in [3.8, 4) is 0 Å². The minimum absolute atomic E-state index is 0.486. The Hall–Kier alpha value is -2.12. The number of rotatable bonds is 11. The number of aliphatic imine (C=N–C) groups is 1. The molecular weight excluding hydrogens is 350 g/mol. The van der Waals surface area contributed by atoms with Gasteiger partial charge in [0, 0.05) is 36.9 Å². The highest BCUT2D eigenvalue weighted by Crippen LogP contribution is 2.04. The minimum Gasteiger partial charge on any atom is -0.467 e. The van der Waals surface area contributed by atoms with Gasteiger partial charge in [-0.1, -0.05) is 18.2 Å². The fourth-order valence-electron chi connectivity index (χ4n) is 2.22. The van der Waals surface area contributed by atoms with Crippen LogP contribution in [0, 0.1) is 0 Å². The third-order valence-corrected chi connectivity index (χ3v) is 4.84. The summed E-state index contributed by atoms with van der Waals surface area (Å²) in [6.45, 7) is 5.17. The highest BCUT2D eigenvalue weighted by molar-refractivity contribution is 7.85. The maximum Gasteiger partial charge on any atom is 0.191 e. The van der Waals surface area contributed by atoms with E-state index in [4.69, 9.17) is 9.15 Å². The first-order chi connectivity index (χ1) is 12.8. The van der Waals surface area contributed by atoms with Crippen molar-refractivity contribution in [2.24, 2.45) is 4.99 Å². The molecule has 7 heteroatoms. The average Bonchev–Trinajstić information content (AvgIpc) is 3.18. The molecule has 0 fully saturated rings. The lowest BCUT2D eigenvalue weighted by molar-refractivity contribution is 0.105. The molecule has 0 aliphatic carbocycles. The zero-order valence-electron chi connectivity index (χ0n) is 15.1. The number of nitrogens with one attached hydrogen (secondary N) is 2. The molecule has 0 amide bonds. The van der Waals surface area contributed by atoms with Crippen LogP contribution in [0.2, 0.25) is 0 Å². The SMILES string of the molecule is CCNC(=NCCCOCc1ccco1)NCCS(=O)c1ccccc1. The molecule has 0 saturated heterocycles. The minimum atomic E-state index is -1.00. The maximum atomic E-state index is 12.2. The molecule has 0 aliphatic heterocycles. The summed E-state index contributed by atoms with van der Waals surface area (Å²) in [5.74, 6) is 2.11. The number of guanidine groups is 1. The van der Waals surface area contributed by atoms with Gasteiger partial charge >= 0.3 is 0 Å². The van der Waals surface area contributed by atoms with E-state index in [9.17, 15) is 4.21 Å². The average molecular weight is 378 g/mol. The predicted molar refractivity (Wildman–Crippen MR) is 105 cm³/mol. The highest BCUT2D eigenvalue weighted by Gasteiger charge is 2.03. The summed E-state index contributed by atoms with van der Waals surface area (Å²) in [5.41, 5.74) is 0. The number of nitrogens with zero attached hydrogens (tertiary/aromatic N) is 1. The van der Waals surface area contributed by atoms with Crippen molar-refractivity contribution in [3.05, 3.63) is 54.5 Å². The van der Waals surface area contributed by atoms with Crippen molar-refractivity contribution in [1.29, 1.82) is 0 Å². The number of ether oxygens (including phenoxy) is 1. The van der Waals surface area contributed by atoms with E-state index in [1.807, 2.05) is 49.4 Å². The topological polar surface area (TPSA) is 75.9 Å². The van der Waals surface area contributed by atoms with Gasteiger partial charge in [0.25, 0.3) is 0 Å². The summed E-state index contributed by atoms with van der Waals surface area (Å²) >= 11 is 0. The van der Waals surface area contributed by atoms with Gasteiger partial charge in [0.2, 0.25) is 0 Å².